The van der Waals surface area contributed by atoms with Crippen LogP contribution in [0.15, 0.2) is 23.8 Å². The van der Waals surface area contributed by atoms with E-state index in [1.165, 1.54) is 0 Å². The first-order valence-corrected chi connectivity index (χ1v) is 3.30. The molecule has 86 valence electrons. The molecule has 0 N–H and O–H groups in total. The molecular formula is C7H3F6O2-. The van der Waals surface area contributed by atoms with Crippen molar-refractivity contribution in [1.82, 2.24) is 0 Å². The molecule has 0 aliphatic rings. The molecule has 0 aliphatic carbocycles. The highest BCUT2D eigenvalue weighted by Gasteiger charge is 2.46. The second kappa shape index (κ2) is 4.85. The SMILES string of the molecule is O=C([O-])/C=C/C(=C(F)F)C(F)(F)C(F)F. The fourth-order valence-electron chi connectivity index (χ4n) is 0.569. The van der Waals surface area contributed by atoms with Gasteiger partial charge in [0.25, 0.3) is 6.08 Å². The molecule has 8 heteroatoms. The number of rotatable bonds is 4. The molecule has 0 aromatic rings. The lowest BCUT2D eigenvalue weighted by Gasteiger charge is -2.15. The van der Waals surface area contributed by atoms with Crippen LogP contribution in [0, 0.1) is 0 Å². The summed E-state index contributed by atoms with van der Waals surface area (Å²) in [5, 5.41) is 9.73. The van der Waals surface area contributed by atoms with Gasteiger partial charge in [-0.1, -0.05) is 0 Å². The van der Waals surface area contributed by atoms with Gasteiger partial charge < -0.3 is 9.90 Å². The molecule has 0 atom stereocenters. The second-order valence-corrected chi connectivity index (χ2v) is 2.25. The Morgan fingerprint density at radius 3 is 1.93 bits per heavy atom. The van der Waals surface area contributed by atoms with Crippen LogP contribution in [-0.2, 0) is 4.79 Å². The quantitative estimate of drug-likeness (QED) is 0.417. The maximum absolute atomic E-state index is 12.4. The number of aliphatic carboxylic acids is 1. The van der Waals surface area contributed by atoms with E-state index in [1.807, 2.05) is 0 Å². The zero-order chi connectivity index (χ0) is 12.2. The minimum absolute atomic E-state index is 0.190. The van der Waals surface area contributed by atoms with Gasteiger partial charge in [-0.3, -0.25) is 0 Å². The van der Waals surface area contributed by atoms with E-state index in [-0.39, 0.29) is 12.2 Å². The summed E-state index contributed by atoms with van der Waals surface area (Å²) in [6, 6.07) is 0. The van der Waals surface area contributed by atoms with Crippen LogP contribution in [0.25, 0.3) is 0 Å². The van der Waals surface area contributed by atoms with Gasteiger partial charge in [-0.25, -0.2) is 8.78 Å². The lowest BCUT2D eigenvalue weighted by molar-refractivity contribution is -0.297. The fraction of sp³-hybridized carbons (Fsp3) is 0.286. The molecule has 0 saturated heterocycles. The molecule has 0 aromatic carbocycles. The third-order valence-corrected chi connectivity index (χ3v) is 1.22. The van der Waals surface area contributed by atoms with Gasteiger partial charge >= 0.3 is 12.3 Å². The maximum atomic E-state index is 12.4. The molecule has 0 aliphatic heterocycles. The zero-order valence-electron chi connectivity index (χ0n) is 6.82. The first kappa shape index (κ1) is 13.5. The van der Waals surface area contributed by atoms with Crippen molar-refractivity contribution in [2.45, 2.75) is 12.3 Å². The molecular weight excluding hydrogens is 230 g/mol. The van der Waals surface area contributed by atoms with E-state index < -0.39 is 30.0 Å². The second-order valence-electron chi connectivity index (χ2n) is 2.25. The van der Waals surface area contributed by atoms with Crippen LogP contribution in [0.2, 0.25) is 0 Å². The summed E-state index contributed by atoms with van der Waals surface area (Å²) in [6.07, 6.45) is -7.96. The number of alkyl halides is 4. The molecule has 0 amide bonds. The number of carbonyl (C=O) groups excluding carboxylic acids is 1. The third kappa shape index (κ3) is 3.64. The Balaban J connectivity index is 5.20. The van der Waals surface area contributed by atoms with Crippen molar-refractivity contribution in [3.8, 4) is 0 Å². The van der Waals surface area contributed by atoms with Crippen LogP contribution in [0.5, 0.6) is 0 Å². The monoisotopic (exact) mass is 233 g/mol. The fourth-order valence-corrected chi connectivity index (χ4v) is 0.569. The zero-order valence-corrected chi connectivity index (χ0v) is 6.82. The molecule has 0 heterocycles. The molecule has 0 bridgehead atoms. The number of hydrogen-bond acceptors (Lipinski definition) is 2. The van der Waals surface area contributed by atoms with Crippen LogP contribution >= 0.6 is 0 Å². The third-order valence-electron chi connectivity index (χ3n) is 1.22. The minimum atomic E-state index is -5.11. The highest BCUT2D eigenvalue weighted by molar-refractivity contribution is 5.78. The Kier molecular flexibility index (Phi) is 4.38. The van der Waals surface area contributed by atoms with Crippen molar-refractivity contribution in [3.63, 3.8) is 0 Å². The number of carbonyl (C=O) groups is 1. The van der Waals surface area contributed by atoms with E-state index in [0.29, 0.717) is 0 Å². The van der Waals surface area contributed by atoms with E-state index in [4.69, 9.17) is 0 Å². The number of carboxylic acid groups (broad SMARTS) is 1. The smallest absolute Gasteiger partial charge is 0.337 e. The summed E-state index contributed by atoms with van der Waals surface area (Å²) in [4.78, 5) is 9.73. The Labute approximate surface area is 79.5 Å². The topological polar surface area (TPSA) is 40.1 Å². The van der Waals surface area contributed by atoms with Gasteiger partial charge in [0, 0.05) is 0 Å². The highest BCUT2D eigenvalue weighted by Crippen LogP contribution is 2.34. The molecule has 0 saturated carbocycles. The van der Waals surface area contributed by atoms with Crippen LogP contribution in [0.4, 0.5) is 26.3 Å². The van der Waals surface area contributed by atoms with Crippen molar-refractivity contribution in [1.29, 1.82) is 0 Å². The predicted molar refractivity (Wildman–Crippen MR) is 34.3 cm³/mol. The van der Waals surface area contributed by atoms with Crippen molar-refractivity contribution in [2.24, 2.45) is 0 Å². The summed E-state index contributed by atoms with van der Waals surface area (Å²) in [5.41, 5.74) is -2.35. The summed E-state index contributed by atoms with van der Waals surface area (Å²) in [7, 11) is 0. The molecule has 15 heavy (non-hydrogen) atoms. The Bertz CT molecular complexity index is 303. The predicted octanol–water partition coefficient (Wildman–Crippen LogP) is 1.34. The van der Waals surface area contributed by atoms with Crippen LogP contribution in [-0.4, -0.2) is 18.3 Å². The van der Waals surface area contributed by atoms with Gasteiger partial charge in [-0.15, -0.1) is 0 Å². The Morgan fingerprint density at radius 2 is 1.67 bits per heavy atom. The lowest BCUT2D eigenvalue weighted by atomic mass is 10.1. The van der Waals surface area contributed by atoms with Crippen molar-refractivity contribution < 1.29 is 36.2 Å². The molecule has 0 rings (SSSR count). The Hall–Kier alpha value is -1.47. The van der Waals surface area contributed by atoms with Crippen LogP contribution < -0.4 is 5.11 Å². The van der Waals surface area contributed by atoms with Gasteiger partial charge in [0.2, 0.25) is 0 Å². The summed E-state index contributed by atoms with van der Waals surface area (Å²) < 4.78 is 71.6. The molecule has 0 radical (unpaired) electrons. The average Bonchev–Trinajstić information content (AvgIpc) is 2.01. The van der Waals surface area contributed by atoms with E-state index in [2.05, 4.69) is 0 Å². The maximum Gasteiger partial charge on any atom is 0.337 e. The Morgan fingerprint density at radius 1 is 1.20 bits per heavy atom. The number of halogens is 6. The number of carboxylic acids is 1. The van der Waals surface area contributed by atoms with E-state index in [0.717, 1.165) is 0 Å². The summed E-state index contributed by atoms with van der Waals surface area (Å²) in [5.74, 6) is -7.16. The summed E-state index contributed by atoms with van der Waals surface area (Å²) >= 11 is 0. The lowest BCUT2D eigenvalue weighted by Crippen LogP contribution is -2.29. The first-order valence-electron chi connectivity index (χ1n) is 3.30. The van der Waals surface area contributed by atoms with Gasteiger partial charge in [0.1, 0.15) is 0 Å². The molecule has 0 unspecified atom stereocenters. The van der Waals surface area contributed by atoms with Crippen molar-refractivity contribution in [2.75, 3.05) is 0 Å². The standard InChI is InChI=1S/C7H4F6O2/c8-5(9)3(1-2-4(14)15)7(12,13)6(10)11/h1-2,6H,(H,14,15)/p-1/b2-1+. The van der Waals surface area contributed by atoms with Gasteiger partial charge in [-0.2, -0.15) is 17.6 Å². The van der Waals surface area contributed by atoms with Gasteiger partial charge in [-0.05, 0) is 12.2 Å². The number of allylic oxidation sites excluding steroid dienone is 2. The minimum Gasteiger partial charge on any atom is -0.545 e. The summed E-state index contributed by atoms with van der Waals surface area (Å²) in [6.45, 7) is 0. The van der Waals surface area contributed by atoms with E-state index >= 15 is 0 Å². The normalized spacial score (nSPS) is 12.2. The molecule has 0 spiro atoms. The highest BCUT2D eigenvalue weighted by atomic mass is 19.3. The van der Waals surface area contributed by atoms with Crippen LogP contribution in [0.1, 0.15) is 0 Å². The van der Waals surface area contributed by atoms with Crippen molar-refractivity contribution in [3.05, 3.63) is 23.8 Å². The molecule has 2 nitrogen and oxygen atoms in total. The van der Waals surface area contributed by atoms with E-state index in [1.54, 1.807) is 0 Å². The first-order chi connectivity index (χ1) is 6.69. The average molecular weight is 233 g/mol. The van der Waals surface area contributed by atoms with Crippen molar-refractivity contribution >= 4 is 5.97 Å². The molecule has 0 fully saturated rings. The van der Waals surface area contributed by atoms with Crippen LogP contribution in [0.3, 0.4) is 0 Å². The van der Waals surface area contributed by atoms with E-state index in [9.17, 15) is 36.2 Å². The van der Waals surface area contributed by atoms with Gasteiger partial charge in [0.05, 0.1) is 11.5 Å². The number of hydrogen-bond donors (Lipinski definition) is 0. The molecule has 0 aromatic heterocycles. The largest absolute Gasteiger partial charge is 0.545 e. The van der Waals surface area contributed by atoms with Gasteiger partial charge in [0.15, 0.2) is 0 Å².